The molecule has 0 aliphatic carbocycles. The molecule has 30 heavy (non-hydrogen) atoms. The number of hydrogen-bond donors (Lipinski definition) is 2. The number of carbonyl (C=O) groups excluding carboxylic acids is 2. The van der Waals surface area contributed by atoms with E-state index in [4.69, 9.17) is 4.74 Å². The molecule has 0 aliphatic rings. The van der Waals surface area contributed by atoms with Gasteiger partial charge in [0, 0.05) is 37.6 Å². The smallest absolute Gasteiger partial charge is 0.258 e. The molecule has 0 unspecified atom stereocenters. The van der Waals surface area contributed by atoms with Crippen molar-refractivity contribution in [2.24, 2.45) is 0 Å². The van der Waals surface area contributed by atoms with E-state index < -0.39 is 0 Å². The number of rotatable bonds is 10. The average Bonchev–Trinajstić information content (AvgIpc) is 3.29. The van der Waals surface area contributed by atoms with Crippen LogP contribution in [0.15, 0.2) is 45.9 Å². The zero-order valence-corrected chi connectivity index (χ0v) is 17.5. The highest BCUT2D eigenvalue weighted by Crippen LogP contribution is 2.09. The summed E-state index contributed by atoms with van der Waals surface area (Å²) in [6.07, 6.45) is 0.783. The van der Waals surface area contributed by atoms with Crippen LogP contribution in [0.25, 0.3) is 10.9 Å². The normalized spacial score (nSPS) is 10.8. The molecule has 0 saturated heterocycles. The van der Waals surface area contributed by atoms with E-state index in [1.807, 2.05) is 11.4 Å². The van der Waals surface area contributed by atoms with Gasteiger partial charge in [-0.05, 0) is 30.0 Å². The molecule has 0 fully saturated rings. The van der Waals surface area contributed by atoms with Gasteiger partial charge in [0.05, 0.1) is 24.1 Å². The van der Waals surface area contributed by atoms with Crippen molar-refractivity contribution in [3.63, 3.8) is 0 Å². The molecule has 1 aromatic carbocycles. The summed E-state index contributed by atoms with van der Waals surface area (Å²) >= 11 is 1.46. The van der Waals surface area contributed by atoms with Gasteiger partial charge in [-0.15, -0.1) is 0 Å². The van der Waals surface area contributed by atoms with Crippen LogP contribution < -0.4 is 10.9 Å². The highest BCUT2D eigenvalue weighted by atomic mass is 32.1. The van der Waals surface area contributed by atoms with Crippen LogP contribution in [-0.4, -0.2) is 53.5 Å². The second-order valence-electron chi connectivity index (χ2n) is 6.71. The summed E-state index contributed by atoms with van der Waals surface area (Å²) in [4.78, 5) is 45.8. The number of fused-ring (bicyclic) bond motifs is 1. The molecule has 0 spiro atoms. The van der Waals surface area contributed by atoms with Crippen LogP contribution in [0.1, 0.15) is 29.0 Å². The van der Waals surface area contributed by atoms with Gasteiger partial charge in [-0.1, -0.05) is 12.1 Å². The highest BCUT2D eigenvalue weighted by Gasteiger charge is 2.16. The lowest BCUT2D eigenvalue weighted by Gasteiger charge is -2.22. The maximum Gasteiger partial charge on any atom is 0.258 e. The maximum atomic E-state index is 12.7. The number of aromatic nitrogens is 2. The lowest BCUT2D eigenvalue weighted by atomic mass is 10.2. The van der Waals surface area contributed by atoms with Crippen molar-refractivity contribution >= 4 is 34.1 Å². The molecule has 9 heteroatoms. The lowest BCUT2D eigenvalue weighted by Crippen LogP contribution is -2.35. The van der Waals surface area contributed by atoms with Crippen LogP contribution in [-0.2, 0) is 16.1 Å². The fraction of sp³-hybridized carbons (Fsp3) is 0.333. The van der Waals surface area contributed by atoms with Gasteiger partial charge in [0.2, 0.25) is 5.91 Å². The van der Waals surface area contributed by atoms with E-state index >= 15 is 0 Å². The second kappa shape index (κ2) is 10.7. The fourth-order valence-electron chi connectivity index (χ4n) is 2.98. The van der Waals surface area contributed by atoms with Crippen molar-refractivity contribution in [3.8, 4) is 0 Å². The Morgan fingerprint density at radius 2 is 2.10 bits per heavy atom. The molecule has 0 saturated carbocycles. The molecule has 2 N–H and O–H groups in total. The summed E-state index contributed by atoms with van der Waals surface area (Å²) in [5, 5.41) is 6.95. The molecule has 0 radical (unpaired) electrons. The number of para-hydroxylation sites is 1. The zero-order chi connectivity index (χ0) is 21.3. The number of hydrogen-bond acceptors (Lipinski definition) is 6. The maximum absolute atomic E-state index is 12.7. The minimum Gasteiger partial charge on any atom is -0.383 e. The topological polar surface area (TPSA) is 104 Å². The van der Waals surface area contributed by atoms with E-state index in [9.17, 15) is 14.4 Å². The lowest BCUT2D eigenvalue weighted by molar-refractivity contribution is -0.132. The van der Waals surface area contributed by atoms with Gasteiger partial charge in [0.15, 0.2) is 0 Å². The first-order valence-electron chi connectivity index (χ1n) is 9.63. The van der Waals surface area contributed by atoms with E-state index in [1.165, 1.54) is 11.3 Å². The first-order valence-corrected chi connectivity index (χ1v) is 10.6. The fourth-order valence-corrected chi connectivity index (χ4v) is 3.62. The average molecular weight is 429 g/mol. The zero-order valence-electron chi connectivity index (χ0n) is 16.7. The van der Waals surface area contributed by atoms with Crippen LogP contribution in [0.4, 0.5) is 0 Å². The Balaban J connectivity index is 1.58. The van der Waals surface area contributed by atoms with Crippen molar-refractivity contribution in [1.29, 1.82) is 0 Å². The van der Waals surface area contributed by atoms with Gasteiger partial charge in [0.25, 0.3) is 11.5 Å². The molecular formula is C21H24N4O4S. The van der Waals surface area contributed by atoms with Gasteiger partial charge >= 0.3 is 0 Å². The van der Waals surface area contributed by atoms with Gasteiger partial charge in [-0.25, -0.2) is 4.98 Å². The molecule has 158 valence electrons. The van der Waals surface area contributed by atoms with Crippen molar-refractivity contribution in [2.75, 3.05) is 26.8 Å². The first kappa shape index (κ1) is 21.7. The predicted octanol–water partition coefficient (Wildman–Crippen LogP) is 2.17. The number of amides is 2. The van der Waals surface area contributed by atoms with E-state index in [-0.39, 0.29) is 30.3 Å². The predicted molar refractivity (Wildman–Crippen MR) is 116 cm³/mol. The summed E-state index contributed by atoms with van der Waals surface area (Å²) < 4.78 is 5.11. The Bertz CT molecular complexity index is 1050. The number of thiophene rings is 1. The highest BCUT2D eigenvalue weighted by molar-refractivity contribution is 7.08. The number of aromatic amines is 1. The van der Waals surface area contributed by atoms with Crippen LogP contribution in [0.3, 0.4) is 0 Å². The molecule has 3 aromatic rings. The van der Waals surface area contributed by atoms with Crippen LogP contribution in [0.5, 0.6) is 0 Å². The summed E-state index contributed by atoms with van der Waals surface area (Å²) in [5.41, 5.74) is 0.983. The van der Waals surface area contributed by atoms with E-state index in [2.05, 4.69) is 15.3 Å². The number of nitrogens with one attached hydrogen (secondary N) is 2. The molecule has 3 rings (SSSR count). The molecule has 2 amide bonds. The molecule has 2 aromatic heterocycles. The number of benzene rings is 1. The molecule has 0 atom stereocenters. The molecule has 2 heterocycles. The summed E-state index contributed by atoms with van der Waals surface area (Å²) in [6.45, 7) is 1.35. The number of carbonyl (C=O) groups is 2. The number of methoxy groups -OCH3 is 1. The summed E-state index contributed by atoms with van der Waals surface area (Å²) in [5.74, 6) is 0.194. The Hall–Kier alpha value is -3.04. The van der Waals surface area contributed by atoms with Crippen LogP contribution >= 0.6 is 11.3 Å². The molecule has 0 bridgehead atoms. The van der Waals surface area contributed by atoms with Gasteiger partial charge in [-0.2, -0.15) is 11.3 Å². The number of ether oxygens (including phenoxy) is 1. The monoisotopic (exact) mass is 428 g/mol. The summed E-state index contributed by atoms with van der Waals surface area (Å²) in [7, 11) is 1.57. The van der Waals surface area contributed by atoms with Gasteiger partial charge in [-0.3, -0.25) is 14.4 Å². The minimum absolute atomic E-state index is 0.0901. The van der Waals surface area contributed by atoms with Crippen LogP contribution in [0, 0.1) is 0 Å². The number of nitrogens with zero attached hydrogens (tertiary/aromatic N) is 2. The molecular weight excluding hydrogens is 404 g/mol. The van der Waals surface area contributed by atoms with Crippen molar-refractivity contribution < 1.29 is 14.3 Å². The van der Waals surface area contributed by atoms with Crippen molar-refractivity contribution in [3.05, 3.63) is 62.8 Å². The minimum atomic E-state index is -0.231. The van der Waals surface area contributed by atoms with Gasteiger partial charge < -0.3 is 19.9 Å². The Morgan fingerprint density at radius 1 is 1.27 bits per heavy atom. The van der Waals surface area contributed by atoms with E-state index in [0.29, 0.717) is 48.4 Å². The summed E-state index contributed by atoms with van der Waals surface area (Å²) in [6, 6.07) is 8.84. The SMILES string of the molecule is COCCN(Cc1nc2ccccc2c(=O)[nH]1)C(=O)CCCNC(=O)c1ccsc1. The quantitative estimate of drug-likeness (QED) is 0.482. The number of H-pyrrole nitrogens is 1. The third kappa shape index (κ3) is 5.74. The Labute approximate surface area is 177 Å². The van der Waals surface area contributed by atoms with Crippen molar-refractivity contribution in [2.45, 2.75) is 19.4 Å². The standard InChI is InChI=1S/C21H24N4O4S/c1-29-11-10-25(13-18-23-17-6-3-2-5-16(17)21(28)24-18)19(26)7-4-9-22-20(27)15-8-12-30-14-15/h2-3,5-6,8,12,14H,4,7,9-11,13H2,1H3,(H,22,27)(H,23,24,28). The van der Waals surface area contributed by atoms with Crippen molar-refractivity contribution in [1.82, 2.24) is 20.2 Å². The Morgan fingerprint density at radius 3 is 2.87 bits per heavy atom. The van der Waals surface area contributed by atoms with E-state index in [1.54, 1.807) is 41.7 Å². The second-order valence-corrected chi connectivity index (χ2v) is 7.49. The first-order chi connectivity index (χ1) is 14.6. The molecule has 0 aliphatic heterocycles. The van der Waals surface area contributed by atoms with E-state index in [0.717, 1.165) is 0 Å². The van der Waals surface area contributed by atoms with Gasteiger partial charge in [0.1, 0.15) is 5.82 Å². The third-order valence-electron chi connectivity index (χ3n) is 4.56. The Kier molecular flexibility index (Phi) is 7.69. The molecule has 8 nitrogen and oxygen atoms in total. The largest absolute Gasteiger partial charge is 0.383 e. The third-order valence-corrected chi connectivity index (χ3v) is 5.24. The van der Waals surface area contributed by atoms with Crippen LogP contribution in [0.2, 0.25) is 0 Å².